The van der Waals surface area contributed by atoms with Gasteiger partial charge in [-0.2, -0.15) is 0 Å². The molecule has 0 unspecified atom stereocenters. The van der Waals surface area contributed by atoms with Crippen LogP contribution >= 0.6 is 0 Å². The number of fused-ring (bicyclic) bond motifs is 1. The van der Waals surface area contributed by atoms with Crippen molar-refractivity contribution in [1.29, 1.82) is 0 Å². The molecule has 1 aromatic carbocycles. The molecular formula is C23H31N5O2. The summed E-state index contributed by atoms with van der Waals surface area (Å²) in [5.74, 6) is 1.50. The summed E-state index contributed by atoms with van der Waals surface area (Å²) in [6, 6.07) is 7.88. The Hall–Kier alpha value is -2.67. The lowest BCUT2D eigenvalue weighted by molar-refractivity contribution is 0.0727. The monoisotopic (exact) mass is 409 g/mol. The van der Waals surface area contributed by atoms with Gasteiger partial charge in [0, 0.05) is 49.8 Å². The molecule has 0 bridgehead atoms. The van der Waals surface area contributed by atoms with E-state index in [1.165, 1.54) is 0 Å². The summed E-state index contributed by atoms with van der Waals surface area (Å²) in [7, 11) is 0. The zero-order chi connectivity index (χ0) is 21.1. The lowest BCUT2D eigenvalue weighted by Gasteiger charge is -2.35. The molecule has 0 radical (unpaired) electrons. The number of amides is 1. The van der Waals surface area contributed by atoms with Crippen LogP contribution in [0.4, 0.5) is 11.5 Å². The van der Waals surface area contributed by atoms with Crippen LogP contribution in [-0.4, -0.2) is 64.2 Å². The highest BCUT2D eigenvalue weighted by Gasteiger charge is 2.43. The van der Waals surface area contributed by atoms with E-state index in [4.69, 9.17) is 0 Å². The van der Waals surface area contributed by atoms with Crippen LogP contribution in [0, 0.1) is 11.8 Å². The number of aliphatic hydroxyl groups excluding tert-OH is 1. The standard InChI is InChI=1S/C23H31N5O2/c1-3-27(4-2)19-7-5-16(6-8-19)23(30)28-14-17-11-20(21(29)12-18(17)15-28)26-22-13-24-9-10-25-22/h5-10,13,17-18,20-21,29H,3-4,11-12,14-15H2,1-2H3,(H,25,26)/t17-,18+,20-,21-/m1/s1. The van der Waals surface area contributed by atoms with E-state index in [-0.39, 0.29) is 11.9 Å². The second-order valence-electron chi connectivity index (χ2n) is 8.33. The van der Waals surface area contributed by atoms with Crippen LogP contribution in [0.15, 0.2) is 42.9 Å². The largest absolute Gasteiger partial charge is 0.391 e. The fraction of sp³-hybridized carbons (Fsp3) is 0.522. The number of hydrogen-bond donors (Lipinski definition) is 2. The Labute approximate surface area is 178 Å². The van der Waals surface area contributed by atoms with Crippen LogP contribution in [0.3, 0.4) is 0 Å². The highest BCUT2D eigenvalue weighted by Crippen LogP contribution is 2.38. The first kappa shape index (κ1) is 20.6. The number of aliphatic hydroxyl groups is 1. The van der Waals surface area contributed by atoms with Crippen LogP contribution in [0.2, 0.25) is 0 Å². The molecule has 2 aromatic rings. The first-order valence-electron chi connectivity index (χ1n) is 10.9. The summed E-state index contributed by atoms with van der Waals surface area (Å²) in [5, 5.41) is 13.9. The lowest BCUT2D eigenvalue weighted by atomic mass is 9.77. The maximum absolute atomic E-state index is 13.1. The Balaban J connectivity index is 1.39. The molecule has 2 heterocycles. The van der Waals surface area contributed by atoms with Gasteiger partial charge in [-0.1, -0.05) is 0 Å². The van der Waals surface area contributed by atoms with Gasteiger partial charge in [0.05, 0.1) is 18.3 Å². The molecule has 2 fully saturated rings. The average molecular weight is 410 g/mol. The molecule has 4 atom stereocenters. The highest BCUT2D eigenvalue weighted by atomic mass is 16.3. The van der Waals surface area contributed by atoms with Crippen LogP contribution < -0.4 is 10.2 Å². The third kappa shape index (κ3) is 4.26. The third-order valence-electron chi connectivity index (χ3n) is 6.57. The smallest absolute Gasteiger partial charge is 0.253 e. The van der Waals surface area contributed by atoms with Crippen molar-refractivity contribution in [1.82, 2.24) is 14.9 Å². The molecule has 7 heteroatoms. The number of nitrogens with zero attached hydrogens (tertiary/aromatic N) is 4. The topological polar surface area (TPSA) is 81.6 Å². The molecule has 1 aliphatic heterocycles. The first-order valence-corrected chi connectivity index (χ1v) is 10.9. The Kier molecular flexibility index (Phi) is 6.18. The molecule has 1 aromatic heterocycles. The van der Waals surface area contributed by atoms with E-state index >= 15 is 0 Å². The zero-order valence-corrected chi connectivity index (χ0v) is 17.7. The molecule has 1 amide bonds. The number of carbonyl (C=O) groups excluding carboxylic acids is 1. The van der Waals surface area contributed by atoms with E-state index in [2.05, 4.69) is 34.0 Å². The van der Waals surface area contributed by atoms with Crippen molar-refractivity contribution in [3.8, 4) is 0 Å². The van der Waals surface area contributed by atoms with Crippen molar-refractivity contribution in [2.75, 3.05) is 36.4 Å². The van der Waals surface area contributed by atoms with Crippen molar-refractivity contribution in [2.24, 2.45) is 11.8 Å². The van der Waals surface area contributed by atoms with E-state index in [9.17, 15) is 9.90 Å². The van der Waals surface area contributed by atoms with Gasteiger partial charge in [0.15, 0.2) is 0 Å². The minimum atomic E-state index is -0.448. The number of rotatable bonds is 6. The fourth-order valence-corrected chi connectivity index (χ4v) is 4.90. The van der Waals surface area contributed by atoms with Gasteiger partial charge in [0.1, 0.15) is 5.82 Å². The van der Waals surface area contributed by atoms with E-state index in [0.29, 0.717) is 24.1 Å². The van der Waals surface area contributed by atoms with E-state index < -0.39 is 6.10 Å². The summed E-state index contributed by atoms with van der Waals surface area (Å²) in [5.41, 5.74) is 1.88. The van der Waals surface area contributed by atoms with Gasteiger partial charge >= 0.3 is 0 Å². The molecule has 1 saturated heterocycles. The Bertz CT molecular complexity index is 840. The fourth-order valence-electron chi connectivity index (χ4n) is 4.90. The predicted molar refractivity (Wildman–Crippen MR) is 118 cm³/mol. The normalized spacial score (nSPS) is 25.6. The van der Waals surface area contributed by atoms with Crippen LogP contribution in [0.5, 0.6) is 0 Å². The summed E-state index contributed by atoms with van der Waals surface area (Å²) >= 11 is 0. The SMILES string of the molecule is CCN(CC)c1ccc(C(=O)N2C[C@H]3C[C@@H](Nc4cnccn4)[C@H](O)C[C@H]3C2)cc1. The molecule has 30 heavy (non-hydrogen) atoms. The van der Waals surface area contributed by atoms with E-state index in [1.54, 1.807) is 18.6 Å². The zero-order valence-electron chi connectivity index (χ0n) is 17.7. The van der Waals surface area contributed by atoms with Gasteiger partial charge in [-0.05, 0) is 62.8 Å². The Morgan fingerprint density at radius 2 is 1.83 bits per heavy atom. The van der Waals surface area contributed by atoms with E-state index in [0.717, 1.165) is 43.9 Å². The first-order chi connectivity index (χ1) is 14.6. The number of hydrogen-bond acceptors (Lipinski definition) is 6. The van der Waals surface area contributed by atoms with E-state index in [1.807, 2.05) is 29.2 Å². The molecule has 4 rings (SSSR count). The van der Waals surface area contributed by atoms with Gasteiger partial charge in [-0.3, -0.25) is 9.78 Å². The molecule has 2 aliphatic rings. The summed E-state index contributed by atoms with van der Waals surface area (Å²) in [6.07, 6.45) is 6.03. The molecule has 0 spiro atoms. The van der Waals surface area contributed by atoms with Gasteiger partial charge in [-0.15, -0.1) is 0 Å². The number of aromatic nitrogens is 2. The molecule has 1 saturated carbocycles. The number of nitrogens with one attached hydrogen (secondary N) is 1. The maximum atomic E-state index is 13.1. The number of carbonyl (C=O) groups is 1. The van der Waals surface area contributed by atoms with Crippen LogP contribution in [0.1, 0.15) is 37.0 Å². The number of likely N-dealkylation sites (tertiary alicyclic amines) is 1. The molecule has 2 N–H and O–H groups in total. The maximum Gasteiger partial charge on any atom is 0.253 e. The summed E-state index contributed by atoms with van der Waals surface area (Å²) in [4.78, 5) is 25.6. The van der Waals surface area contributed by atoms with Crippen LogP contribution in [-0.2, 0) is 0 Å². The van der Waals surface area contributed by atoms with Gasteiger partial charge in [0.25, 0.3) is 5.91 Å². The Morgan fingerprint density at radius 1 is 1.13 bits per heavy atom. The molecule has 7 nitrogen and oxygen atoms in total. The second-order valence-corrected chi connectivity index (χ2v) is 8.33. The van der Waals surface area contributed by atoms with Gasteiger partial charge in [-0.25, -0.2) is 4.98 Å². The van der Waals surface area contributed by atoms with Crippen molar-refractivity contribution in [3.63, 3.8) is 0 Å². The quantitative estimate of drug-likeness (QED) is 0.763. The van der Waals surface area contributed by atoms with Gasteiger partial charge < -0.3 is 20.2 Å². The number of benzene rings is 1. The lowest BCUT2D eigenvalue weighted by Crippen LogP contribution is -2.43. The van der Waals surface area contributed by atoms with Crippen molar-refractivity contribution >= 4 is 17.4 Å². The average Bonchev–Trinajstić information content (AvgIpc) is 3.18. The molecular weight excluding hydrogens is 378 g/mol. The summed E-state index contributed by atoms with van der Waals surface area (Å²) < 4.78 is 0. The van der Waals surface area contributed by atoms with Gasteiger partial charge in [0.2, 0.25) is 0 Å². The molecule has 1 aliphatic carbocycles. The number of anilines is 2. The third-order valence-corrected chi connectivity index (χ3v) is 6.57. The van der Waals surface area contributed by atoms with Crippen molar-refractivity contribution < 1.29 is 9.90 Å². The minimum Gasteiger partial charge on any atom is -0.391 e. The van der Waals surface area contributed by atoms with Crippen LogP contribution in [0.25, 0.3) is 0 Å². The van der Waals surface area contributed by atoms with Crippen molar-refractivity contribution in [2.45, 2.75) is 38.8 Å². The van der Waals surface area contributed by atoms with Crippen molar-refractivity contribution in [3.05, 3.63) is 48.4 Å². The minimum absolute atomic E-state index is 0.0636. The second kappa shape index (κ2) is 9.00. The summed E-state index contributed by atoms with van der Waals surface area (Å²) in [6.45, 7) is 7.63. The Morgan fingerprint density at radius 3 is 2.47 bits per heavy atom. The highest BCUT2D eigenvalue weighted by molar-refractivity contribution is 5.94. The predicted octanol–water partition coefficient (Wildman–Crippen LogP) is 2.65. The molecule has 160 valence electrons.